The highest BCUT2D eigenvalue weighted by molar-refractivity contribution is 5.98. The summed E-state index contributed by atoms with van der Waals surface area (Å²) < 4.78 is 35.1. The molecule has 2 aromatic rings. The maximum Gasteiger partial charge on any atom is 0.387 e. The molecule has 1 aromatic heterocycles. The third-order valence-electron chi connectivity index (χ3n) is 4.71. The smallest absolute Gasteiger partial charge is 0.387 e. The molecule has 2 amide bonds. The molecule has 154 valence electrons. The molecule has 0 aliphatic carbocycles. The van der Waals surface area contributed by atoms with E-state index >= 15 is 0 Å². The Morgan fingerprint density at radius 2 is 1.93 bits per heavy atom. The Morgan fingerprint density at radius 1 is 1.17 bits per heavy atom. The molecule has 1 aliphatic rings. The van der Waals surface area contributed by atoms with Gasteiger partial charge < -0.3 is 19.7 Å². The van der Waals surface area contributed by atoms with Gasteiger partial charge in [-0.2, -0.15) is 8.78 Å². The maximum atomic E-state index is 12.9. The van der Waals surface area contributed by atoms with Gasteiger partial charge in [0.05, 0.1) is 12.7 Å². The highest BCUT2D eigenvalue weighted by Crippen LogP contribution is 2.34. The van der Waals surface area contributed by atoms with Crippen LogP contribution in [0.15, 0.2) is 42.6 Å². The first-order chi connectivity index (χ1) is 14.0. The number of nitrogens with zero attached hydrogens (tertiary/aromatic N) is 2. The summed E-state index contributed by atoms with van der Waals surface area (Å²) in [5, 5.41) is 2.76. The van der Waals surface area contributed by atoms with Crippen LogP contribution in [0.5, 0.6) is 11.5 Å². The third kappa shape index (κ3) is 4.98. The molecule has 1 saturated heterocycles. The van der Waals surface area contributed by atoms with Crippen molar-refractivity contribution >= 4 is 17.6 Å². The molecule has 0 spiro atoms. The number of piperidine rings is 1. The van der Waals surface area contributed by atoms with Crippen LogP contribution in [0.3, 0.4) is 0 Å². The predicted molar refractivity (Wildman–Crippen MR) is 101 cm³/mol. The minimum Gasteiger partial charge on any atom is -0.493 e. The Kier molecular flexibility index (Phi) is 6.58. The van der Waals surface area contributed by atoms with Gasteiger partial charge in [0.2, 0.25) is 5.91 Å². The predicted octanol–water partition coefficient (Wildman–Crippen LogP) is 3.18. The molecular formula is C20H21F2N3O4. The second kappa shape index (κ2) is 9.31. The lowest BCUT2D eigenvalue weighted by molar-refractivity contribution is -0.121. The molecule has 9 heteroatoms. The fourth-order valence-corrected chi connectivity index (χ4v) is 3.24. The SMILES string of the molecule is COc1cccc(C(=O)N2CCC(C(=O)Nc3ccccn3)CC2)c1OC(F)F. The fourth-order valence-electron chi connectivity index (χ4n) is 3.24. The van der Waals surface area contributed by atoms with E-state index in [4.69, 9.17) is 4.74 Å². The number of pyridine rings is 1. The number of benzene rings is 1. The largest absolute Gasteiger partial charge is 0.493 e. The van der Waals surface area contributed by atoms with Crippen molar-refractivity contribution in [1.82, 2.24) is 9.88 Å². The van der Waals surface area contributed by atoms with Crippen molar-refractivity contribution in [3.05, 3.63) is 48.2 Å². The van der Waals surface area contributed by atoms with E-state index in [0.29, 0.717) is 31.7 Å². The number of ether oxygens (including phenoxy) is 2. The van der Waals surface area contributed by atoms with Crippen LogP contribution in [0.1, 0.15) is 23.2 Å². The molecule has 0 radical (unpaired) electrons. The number of carbonyl (C=O) groups is 2. The number of hydrogen-bond acceptors (Lipinski definition) is 5. The van der Waals surface area contributed by atoms with Crippen LogP contribution >= 0.6 is 0 Å². The third-order valence-corrected chi connectivity index (χ3v) is 4.71. The number of carbonyl (C=O) groups excluding carboxylic acids is 2. The van der Waals surface area contributed by atoms with Crippen molar-refractivity contribution in [3.8, 4) is 11.5 Å². The van der Waals surface area contributed by atoms with Crippen LogP contribution < -0.4 is 14.8 Å². The lowest BCUT2D eigenvalue weighted by Crippen LogP contribution is -2.41. The van der Waals surface area contributed by atoms with Crippen molar-refractivity contribution in [3.63, 3.8) is 0 Å². The Bertz CT molecular complexity index is 856. The summed E-state index contributed by atoms with van der Waals surface area (Å²) in [4.78, 5) is 30.9. The number of hydrogen-bond donors (Lipinski definition) is 1. The number of nitrogens with one attached hydrogen (secondary N) is 1. The minimum absolute atomic E-state index is 0.000960. The first-order valence-electron chi connectivity index (χ1n) is 9.12. The molecular weight excluding hydrogens is 384 g/mol. The number of rotatable bonds is 6. The van der Waals surface area contributed by atoms with Crippen LogP contribution in [-0.4, -0.2) is 48.5 Å². The molecule has 1 N–H and O–H groups in total. The lowest BCUT2D eigenvalue weighted by atomic mass is 9.95. The average molecular weight is 405 g/mol. The first-order valence-corrected chi connectivity index (χ1v) is 9.12. The molecule has 0 unspecified atom stereocenters. The van der Waals surface area contributed by atoms with E-state index in [1.54, 1.807) is 24.4 Å². The Hall–Kier alpha value is -3.23. The summed E-state index contributed by atoms with van der Waals surface area (Å²) >= 11 is 0. The first kappa shape index (κ1) is 20.5. The summed E-state index contributed by atoms with van der Waals surface area (Å²) in [5.41, 5.74) is 0.000960. The van der Waals surface area contributed by atoms with Crippen molar-refractivity contribution in [2.75, 3.05) is 25.5 Å². The molecule has 1 aromatic carbocycles. The summed E-state index contributed by atoms with van der Waals surface area (Å²) in [7, 11) is 1.31. The van der Waals surface area contributed by atoms with Gasteiger partial charge in [0.1, 0.15) is 5.82 Å². The number of anilines is 1. The number of likely N-dealkylation sites (tertiary alicyclic amines) is 1. The zero-order valence-corrected chi connectivity index (χ0v) is 15.8. The van der Waals surface area contributed by atoms with Gasteiger partial charge in [-0.1, -0.05) is 12.1 Å². The number of para-hydroxylation sites is 1. The van der Waals surface area contributed by atoms with E-state index in [0.717, 1.165) is 0 Å². The molecule has 3 rings (SSSR count). The fraction of sp³-hybridized carbons (Fsp3) is 0.350. The highest BCUT2D eigenvalue weighted by Gasteiger charge is 2.30. The number of amides is 2. The van der Waals surface area contributed by atoms with E-state index in [9.17, 15) is 18.4 Å². The zero-order chi connectivity index (χ0) is 20.8. The van der Waals surface area contributed by atoms with Gasteiger partial charge in [-0.25, -0.2) is 4.98 Å². The number of methoxy groups -OCH3 is 1. The van der Waals surface area contributed by atoms with Gasteiger partial charge >= 0.3 is 6.61 Å². The van der Waals surface area contributed by atoms with E-state index in [2.05, 4.69) is 15.0 Å². The van der Waals surface area contributed by atoms with Crippen LogP contribution in [0.4, 0.5) is 14.6 Å². The zero-order valence-electron chi connectivity index (χ0n) is 15.8. The number of halogens is 2. The maximum absolute atomic E-state index is 12.9. The second-order valence-electron chi connectivity index (χ2n) is 6.49. The molecule has 1 fully saturated rings. The quantitative estimate of drug-likeness (QED) is 0.798. The summed E-state index contributed by atoms with van der Waals surface area (Å²) in [6.07, 6.45) is 2.50. The van der Waals surface area contributed by atoms with Crippen molar-refractivity contribution in [2.24, 2.45) is 5.92 Å². The Morgan fingerprint density at radius 3 is 2.55 bits per heavy atom. The topological polar surface area (TPSA) is 80.8 Å². The molecule has 1 aliphatic heterocycles. The normalized spacial score (nSPS) is 14.6. The average Bonchev–Trinajstić information content (AvgIpc) is 2.74. The molecule has 2 heterocycles. The van der Waals surface area contributed by atoms with Gasteiger partial charge in [0.25, 0.3) is 5.91 Å². The summed E-state index contributed by atoms with van der Waals surface area (Å²) in [6, 6.07) is 9.63. The lowest BCUT2D eigenvalue weighted by Gasteiger charge is -2.31. The highest BCUT2D eigenvalue weighted by atomic mass is 19.3. The number of aromatic nitrogens is 1. The summed E-state index contributed by atoms with van der Waals surface area (Å²) in [6.45, 7) is -2.44. The molecule has 0 saturated carbocycles. The van der Waals surface area contributed by atoms with Gasteiger partial charge in [0.15, 0.2) is 11.5 Å². The Labute approximate surface area is 166 Å². The van der Waals surface area contributed by atoms with E-state index in [1.807, 2.05) is 0 Å². The van der Waals surface area contributed by atoms with Gasteiger partial charge in [-0.15, -0.1) is 0 Å². The van der Waals surface area contributed by atoms with E-state index in [1.165, 1.54) is 30.2 Å². The van der Waals surface area contributed by atoms with E-state index < -0.39 is 12.5 Å². The summed E-state index contributed by atoms with van der Waals surface area (Å²) in [5.74, 6) is -0.614. The van der Waals surface area contributed by atoms with Gasteiger partial charge in [-0.3, -0.25) is 9.59 Å². The van der Waals surface area contributed by atoms with Gasteiger partial charge in [0, 0.05) is 25.2 Å². The van der Waals surface area contributed by atoms with Crippen LogP contribution in [0.2, 0.25) is 0 Å². The standard InChI is InChI=1S/C20H21F2N3O4/c1-28-15-6-4-5-14(17(15)29-20(21)22)19(27)25-11-8-13(9-12-25)18(26)24-16-7-2-3-10-23-16/h2-7,10,13,20H,8-9,11-12H2,1H3,(H,23,24,26). The minimum atomic E-state index is -3.08. The number of alkyl halides is 2. The van der Waals surface area contributed by atoms with Crippen LogP contribution in [-0.2, 0) is 4.79 Å². The molecule has 0 bridgehead atoms. The van der Waals surface area contributed by atoms with Crippen molar-refractivity contribution < 1.29 is 27.8 Å². The molecule has 29 heavy (non-hydrogen) atoms. The van der Waals surface area contributed by atoms with Crippen LogP contribution in [0.25, 0.3) is 0 Å². The molecule has 7 nitrogen and oxygen atoms in total. The molecule has 0 atom stereocenters. The van der Waals surface area contributed by atoms with Gasteiger partial charge in [-0.05, 0) is 37.1 Å². The monoisotopic (exact) mass is 405 g/mol. The van der Waals surface area contributed by atoms with Crippen molar-refractivity contribution in [2.45, 2.75) is 19.5 Å². The van der Waals surface area contributed by atoms with E-state index in [-0.39, 0.29) is 28.9 Å². The second-order valence-corrected chi connectivity index (χ2v) is 6.49. The Balaban J connectivity index is 1.65. The van der Waals surface area contributed by atoms with Crippen molar-refractivity contribution in [1.29, 1.82) is 0 Å². The van der Waals surface area contributed by atoms with Crippen LogP contribution in [0, 0.1) is 5.92 Å².